The van der Waals surface area contributed by atoms with Gasteiger partial charge in [-0.05, 0) is 26.3 Å². The summed E-state index contributed by atoms with van der Waals surface area (Å²) in [4.78, 5) is 23.2. The minimum absolute atomic E-state index is 0.227. The van der Waals surface area contributed by atoms with Gasteiger partial charge in [-0.3, -0.25) is 4.79 Å². The molecule has 0 fully saturated rings. The Morgan fingerprint density at radius 2 is 0.840 bits per heavy atom. The van der Waals surface area contributed by atoms with Crippen molar-refractivity contribution in [2.45, 2.75) is 39.4 Å². The molecule has 0 aromatic heterocycles. The van der Waals surface area contributed by atoms with Crippen molar-refractivity contribution < 1.29 is 66.4 Å². The van der Waals surface area contributed by atoms with Gasteiger partial charge in [0.1, 0.15) is 12.2 Å². The number of esters is 1. The summed E-state index contributed by atoms with van der Waals surface area (Å²) < 4.78 is 64.8. The molecule has 15 heteroatoms. The van der Waals surface area contributed by atoms with E-state index in [4.69, 9.17) is 56.8 Å². The lowest BCUT2D eigenvalue weighted by Gasteiger charge is -2.19. The molecule has 0 saturated heterocycles. The minimum Gasteiger partial charge on any atom is -0.460 e. The Morgan fingerprint density at radius 3 is 1.20 bits per heavy atom. The summed E-state index contributed by atoms with van der Waals surface area (Å²) in [6, 6.07) is 9.49. The van der Waals surface area contributed by atoms with E-state index in [1.807, 2.05) is 51.1 Å². The highest BCUT2D eigenvalue weighted by Gasteiger charge is 2.15. The van der Waals surface area contributed by atoms with E-state index in [2.05, 4.69) is 5.32 Å². The highest BCUT2D eigenvalue weighted by molar-refractivity contribution is 5.69. The fourth-order valence-electron chi connectivity index (χ4n) is 3.63. The molecule has 0 bridgehead atoms. The molecular weight excluding hydrogens is 658 g/mol. The third kappa shape index (κ3) is 34.0. The Morgan fingerprint density at radius 1 is 0.500 bits per heavy atom. The molecule has 1 amide bonds. The average molecular weight is 720 g/mol. The zero-order valence-corrected chi connectivity index (χ0v) is 30.4. The monoisotopic (exact) mass is 719 g/mol. The fourth-order valence-corrected chi connectivity index (χ4v) is 3.63. The smallest absolute Gasteiger partial charge is 0.407 e. The first-order valence-corrected chi connectivity index (χ1v) is 17.3. The summed E-state index contributed by atoms with van der Waals surface area (Å²) in [6.45, 7) is 15.2. The summed E-state index contributed by atoms with van der Waals surface area (Å²) in [6.07, 6.45) is -0.245. The summed E-state index contributed by atoms with van der Waals surface area (Å²) in [5.41, 5.74) is 0.457. The van der Waals surface area contributed by atoms with E-state index < -0.39 is 11.7 Å². The normalized spacial score (nSPS) is 11.5. The Bertz CT molecular complexity index is 903. The third-order valence-electron chi connectivity index (χ3n) is 5.95. The van der Waals surface area contributed by atoms with Crippen LogP contribution in [0, 0.1) is 0 Å². The minimum atomic E-state index is -0.478. The van der Waals surface area contributed by atoms with Crippen LogP contribution in [0.25, 0.3) is 0 Å². The van der Waals surface area contributed by atoms with Crippen molar-refractivity contribution in [3.8, 4) is 0 Å². The molecule has 1 N–H and O–H groups in total. The Kier molecular flexibility index (Phi) is 30.7. The molecule has 1 aromatic rings. The molecule has 0 atom stereocenters. The zero-order valence-electron chi connectivity index (χ0n) is 30.4. The lowest BCUT2D eigenvalue weighted by atomic mass is 10.2. The molecule has 0 heterocycles. The number of ether oxygens (including phenoxy) is 12. The average Bonchev–Trinajstić information content (AvgIpc) is 3.09. The van der Waals surface area contributed by atoms with E-state index in [9.17, 15) is 9.59 Å². The van der Waals surface area contributed by atoms with Crippen LogP contribution < -0.4 is 5.32 Å². The molecule has 0 saturated carbocycles. The lowest BCUT2D eigenvalue weighted by Crippen LogP contribution is -2.28. The molecule has 0 aliphatic carbocycles. The molecular formula is C35H61NO14. The van der Waals surface area contributed by atoms with Gasteiger partial charge in [0.25, 0.3) is 0 Å². The van der Waals surface area contributed by atoms with Gasteiger partial charge in [0.15, 0.2) is 0 Å². The van der Waals surface area contributed by atoms with Crippen LogP contribution in [0.3, 0.4) is 0 Å². The van der Waals surface area contributed by atoms with Gasteiger partial charge in [0.2, 0.25) is 0 Å². The topological polar surface area (TPSA) is 157 Å². The Hall–Kier alpha value is -2.44. The van der Waals surface area contributed by atoms with Crippen molar-refractivity contribution in [1.82, 2.24) is 5.32 Å². The second kappa shape index (κ2) is 33.7. The SMILES string of the molecule is CC(C)(C)OC(=O)CCOCCOCCOCCOCCOCCOCCOCCOCCOCCOCCNC(=O)OCc1ccccc1. The number of amides is 1. The van der Waals surface area contributed by atoms with Gasteiger partial charge in [-0.15, -0.1) is 0 Å². The van der Waals surface area contributed by atoms with Gasteiger partial charge in [-0.25, -0.2) is 4.79 Å². The van der Waals surface area contributed by atoms with Gasteiger partial charge < -0.3 is 62.2 Å². The van der Waals surface area contributed by atoms with Crippen LogP contribution in [0.2, 0.25) is 0 Å². The lowest BCUT2D eigenvalue weighted by molar-refractivity contribution is -0.156. The van der Waals surface area contributed by atoms with Crippen LogP contribution in [-0.4, -0.2) is 156 Å². The van der Waals surface area contributed by atoms with Crippen molar-refractivity contribution in [3.63, 3.8) is 0 Å². The summed E-state index contributed by atoms with van der Waals surface area (Å²) in [7, 11) is 0. The Balaban J connectivity index is 1.65. The second-order valence-corrected chi connectivity index (χ2v) is 11.4. The van der Waals surface area contributed by atoms with Gasteiger partial charge >= 0.3 is 12.1 Å². The number of carbonyl (C=O) groups excluding carboxylic acids is 2. The third-order valence-corrected chi connectivity index (χ3v) is 5.95. The number of benzene rings is 1. The molecule has 50 heavy (non-hydrogen) atoms. The molecule has 0 radical (unpaired) electrons. The molecule has 0 aliphatic rings. The van der Waals surface area contributed by atoms with Gasteiger partial charge in [-0.1, -0.05) is 30.3 Å². The number of nitrogens with one attached hydrogen (secondary N) is 1. The first-order chi connectivity index (χ1) is 24.4. The molecule has 1 aromatic carbocycles. The number of rotatable bonds is 35. The molecule has 15 nitrogen and oxygen atoms in total. The predicted molar refractivity (Wildman–Crippen MR) is 183 cm³/mol. The Labute approximate surface area is 297 Å². The first-order valence-electron chi connectivity index (χ1n) is 17.3. The fraction of sp³-hybridized carbons (Fsp3) is 0.771. The van der Waals surface area contributed by atoms with Crippen LogP contribution in [0.1, 0.15) is 32.8 Å². The summed E-state index contributed by atoms with van der Waals surface area (Å²) >= 11 is 0. The van der Waals surface area contributed by atoms with E-state index in [0.717, 1.165) is 5.56 Å². The first kappa shape index (κ1) is 45.6. The number of alkyl carbamates (subject to hydrolysis) is 1. The quantitative estimate of drug-likeness (QED) is 0.0807. The largest absolute Gasteiger partial charge is 0.460 e. The maximum atomic E-state index is 11.6. The van der Waals surface area contributed by atoms with Gasteiger partial charge in [0, 0.05) is 6.54 Å². The van der Waals surface area contributed by atoms with E-state index in [0.29, 0.717) is 139 Å². The van der Waals surface area contributed by atoms with Crippen molar-refractivity contribution in [2.75, 3.05) is 139 Å². The predicted octanol–water partition coefficient (Wildman–Crippen LogP) is 2.81. The molecule has 290 valence electrons. The van der Waals surface area contributed by atoms with Crippen LogP contribution >= 0.6 is 0 Å². The zero-order chi connectivity index (χ0) is 36.2. The summed E-state index contributed by atoms with van der Waals surface area (Å²) in [5, 5.41) is 2.64. The van der Waals surface area contributed by atoms with Crippen molar-refractivity contribution >= 4 is 12.1 Å². The standard InChI is InChI=1S/C35H61NO14/c1-35(2,3)50-33(37)9-11-39-13-15-41-17-19-43-21-23-45-25-27-47-29-30-48-28-26-46-24-22-44-20-18-42-16-14-40-12-10-36-34(38)49-31-32-7-5-4-6-8-32/h4-8H,9-31H2,1-3H3,(H,36,38). The highest BCUT2D eigenvalue weighted by atomic mass is 16.6. The molecule has 1 rings (SSSR count). The molecule has 0 spiro atoms. The van der Waals surface area contributed by atoms with Crippen LogP contribution in [0.15, 0.2) is 30.3 Å². The molecule has 0 unspecified atom stereocenters. The maximum Gasteiger partial charge on any atom is 0.407 e. The van der Waals surface area contributed by atoms with E-state index in [1.54, 1.807) is 0 Å². The highest BCUT2D eigenvalue weighted by Crippen LogP contribution is 2.08. The number of hydrogen-bond donors (Lipinski definition) is 1. The van der Waals surface area contributed by atoms with Crippen LogP contribution in [0.4, 0.5) is 4.79 Å². The second-order valence-electron chi connectivity index (χ2n) is 11.4. The van der Waals surface area contributed by atoms with Crippen LogP contribution in [0.5, 0.6) is 0 Å². The van der Waals surface area contributed by atoms with E-state index >= 15 is 0 Å². The van der Waals surface area contributed by atoms with Gasteiger partial charge in [-0.2, -0.15) is 0 Å². The van der Waals surface area contributed by atoms with Crippen LogP contribution in [-0.2, 0) is 68.2 Å². The number of carbonyl (C=O) groups is 2. The summed E-state index contributed by atoms with van der Waals surface area (Å²) in [5.74, 6) is -0.269. The van der Waals surface area contributed by atoms with Crippen molar-refractivity contribution in [1.29, 1.82) is 0 Å². The number of hydrogen-bond acceptors (Lipinski definition) is 14. The van der Waals surface area contributed by atoms with Crippen molar-refractivity contribution in [3.05, 3.63) is 35.9 Å². The van der Waals surface area contributed by atoms with Gasteiger partial charge in [0.05, 0.1) is 139 Å². The molecule has 0 aliphatic heterocycles. The maximum absolute atomic E-state index is 11.6. The van der Waals surface area contributed by atoms with E-state index in [-0.39, 0.29) is 19.0 Å². The van der Waals surface area contributed by atoms with E-state index in [1.165, 1.54) is 0 Å². The van der Waals surface area contributed by atoms with Crippen molar-refractivity contribution in [2.24, 2.45) is 0 Å².